The lowest BCUT2D eigenvalue weighted by atomic mass is 10.0. The fourth-order valence-electron chi connectivity index (χ4n) is 10.4. The number of aromatic nitrogens is 4. The molecule has 0 aliphatic heterocycles. The predicted molar refractivity (Wildman–Crippen MR) is 287 cm³/mol. The highest BCUT2D eigenvalue weighted by Gasteiger charge is 2.41. The van der Waals surface area contributed by atoms with Crippen LogP contribution in [0.1, 0.15) is 0 Å². The van der Waals surface area contributed by atoms with Crippen molar-refractivity contribution in [3.05, 3.63) is 255 Å². The second-order valence-corrected chi connectivity index (χ2v) is 21.3. The van der Waals surface area contributed by atoms with Gasteiger partial charge < -0.3 is 4.42 Å². The predicted octanol–water partition coefficient (Wildman–Crippen LogP) is 12.9. The number of rotatable bonds is 9. The van der Waals surface area contributed by atoms with Gasteiger partial charge in [-0.3, -0.25) is 4.57 Å². The van der Waals surface area contributed by atoms with Gasteiger partial charge in [0.15, 0.2) is 25.3 Å². The van der Waals surface area contributed by atoms with Gasteiger partial charge in [0.25, 0.3) is 0 Å². The molecule has 0 unspecified atom stereocenters. The van der Waals surface area contributed by atoms with E-state index in [2.05, 4.69) is 235 Å². The number of benzene rings is 10. The number of hydrogen-bond acceptors (Lipinski definition) is 4. The second kappa shape index (κ2) is 16.7. The first-order chi connectivity index (χ1) is 34.2. The van der Waals surface area contributed by atoms with Gasteiger partial charge >= 0.3 is 0 Å². The lowest BCUT2D eigenvalue weighted by Crippen LogP contribution is -2.74. The minimum atomic E-state index is -2.90. The molecule has 69 heavy (non-hydrogen) atoms. The van der Waals surface area contributed by atoms with E-state index in [9.17, 15) is 0 Å². The average molecular weight is 899 g/mol. The summed E-state index contributed by atoms with van der Waals surface area (Å²) in [6.45, 7) is 0. The smallest absolute Gasteiger partial charge is 0.238 e. The molecule has 3 heterocycles. The Morgan fingerprint density at radius 3 is 1.45 bits per heavy atom. The number of para-hydroxylation sites is 1. The van der Waals surface area contributed by atoms with Gasteiger partial charge in [-0.25, -0.2) is 4.98 Å². The van der Waals surface area contributed by atoms with E-state index in [1.807, 2.05) is 24.3 Å². The summed E-state index contributed by atoms with van der Waals surface area (Å²) in [5.74, 6) is 1.66. The fraction of sp³-hybridized carbons (Fsp3) is 0. The van der Waals surface area contributed by atoms with Crippen LogP contribution >= 0.6 is 0 Å². The Labute approximate surface area is 400 Å². The Morgan fingerprint density at radius 2 is 0.812 bits per heavy atom. The topological polar surface area (TPSA) is 56.7 Å². The van der Waals surface area contributed by atoms with Crippen molar-refractivity contribution in [2.24, 2.45) is 0 Å². The Bertz CT molecular complexity index is 3890. The molecule has 3 aromatic heterocycles. The molecule has 0 spiro atoms. The van der Waals surface area contributed by atoms with Crippen molar-refractivity contribution in [3.8, 4) is 51.0 Å². The summed E-state index contributed by atoms with van der Waals surface area (Å²) in [6.07, 6.45) is 0. The molecule has 13 rings (SSSR count). The zero-order valence-corrected chi connectivity index (χ0v) is 38.4. The first-order valence-corrected chi connectivity index (χ1v) is 25.3. The second-order valence-electron chi connectivity index (χ2n) is 17.5. The average Bonchev–Trinajstić information content (AvgIpc) is 3.98. The van der Waals surface area contributed by atoms with Crippen LogP contribution in [0.25, 0.3) is 94.7 Å². The van der Waals surface area contributed by atoms with Crippen LogP contribution < -0.4 is 20.7 Å². The number of hydrogen-bond donors (Lipinski definition) is 0. The highest BCUT2D eigenvalue weighted by Crippen LogP contribution is 2.40. The summed E-state index contributed by atoms with van der Waals surface area (Å²) in [5, 5.41) is 9.45. The molecule has 5 nitrogen and oxygen atoms in total. The highest BCUT2D eigenvalue weighted by molar-refractivity contribution is 7.20. The van der Waals surface area contributed by atoms with Gasteiger partial charge in [0.2, 0.25) is 5.95 Å². The quantitative estimate of drug-likeness (QED) is 0.107. The number of fused-ring (bicyclic) bond motifs is 7. The van der Waals surface area contributed by atoms with Gasteiger partial charge in [0.05, 0.1) is 5.52 Å². The van der Waals surface area contributed by atoms with Crippen molar-refractivity contribution in [2.75, 3.05) is 0 Å². The molecule has 0 N–H and O–H groups in total. The highest BCUT2D eigenvalue weighted by atomic mass is 28.3. The third kappa shape index (κ3) is 6.80. The van der Waals surface area contributed by atoms with E-state index in [4.69, 9.17) is 19.4 Å². The first-order valence-electron chi connectivity index (χ1n) is 23.3. The van der Waals surface area contributed by atoms with E-state index in [0.29, 0.717) is 17.6 Å². The molecule has 0 amide bonds. The molecule has 0 atom stereocenters. The third-order valence-corrected chi connectivity index (χ3v) is 18.4. The maximum atomic E-state index is 6.93. The molecular weight excluding hydrogens is 857 g/mol. The van der Waals surface area contributed by atoms with Crippen LogP contribution in [0, 0.1) is 0 Å². The fourth-order valence-corrected chi connectivity index (χ4v) is 15.2. The van der Waals surface area contributed by atoms with Crippen molar-refractivity contribution < 1.29 is 4.42 Å². The van der Waals surface area contributed by atoms with Crippen molar-refractivity contribution in [2.45, 2.75) is 0 Å². The largest absolute Gasteiger partial charge is 0.454 e. The van der Waals surface area contributed by atoms with Crippen LogP contribution in [0.4, 0.5) is 0 Å². The molecule has 324 valence electrons. The maximum absolute atomic E-state index is 6.93. The van der Waals surface area contributed by atoms with Gasteiger partial charge in [0.1, 0.15) is 11.1 Å². The number of furan rings is 1. The zero-order chi connectivity index (χ0) is 45.7. The Kier molecular flexibility index (Phi) is 9.77. The molecule has 0 fully saturated rings. The van der Waals surface area contributed by atoms with Crippen molar-refractivity contribution in [3.63, 3.8) is 0 Å². The molecule has 0 saturated carbocycles. The summed E-state index contributed by atoms with van der Waals surface area (Å²) in [4.78, 5) is 16.2. The lowest BCUT2D eigenvalue weighted by molar-refractivity contribution is 0.670. The normalized spacial score (nSPS) is 11.8. The third-order valence-electron chi connectivity index (χ3n) is 13.6. The summed E-state index contributed by atoms with van der Waals surface area (Å²) in [6, 6.07) is 90.9. The van der Waals surface area contributed by atoms with E-state index in [0.717, 1.165) is 77.1 Å². The Balaban J connectivity index is 1.11. The Hall–Kier alpha value is -8.97. The molecular formula is C63H42N4OSi. The molecule has 0 aliphatic rings. The van der Waals surface area contributed by atoms with Gasteiger partial charge in [-0.1, -0.05) is 231 Å². The van der Waals surface area contributed by atoms with Crippen LogP contribution in [0.3, 0.4) is 0 Å². The standard InChI is InChI=1S/C63H42N4OSi/c1-6-19-43(20-7-1)45-33-35-46(36-34-45)61-64-62(48-24-18-23-47(41-48)44-21-8-2-9-22-44)66-63(65-61)67-57-40-37-52(42-56(57)54-38-39-55-53-31-16-17-32-58(53)68-60(55)59(54)67)69(49-25-10-3-11-26-49,50-27-12-4-13-28-50)51-29-14-5-15-30-51/h1-42H. The Morgan fingerprint density at radius 1 is 0.319 bits per heavy atom. The molecule has 0 bridgehead atoms. The first kappa shape index (κ1) is 40.3. The van der Waals surface area contributed by atoms with Gasteiger partial charge in [-0.05, 0) is 67.3 Å². The van der Waals surface area contributed by atoms with Gasteiger partial charge in [-0.2, -0.15) is 9.97 Å². The van der Waals surface area contributed by atoms with E-state index in [1.165, 1.54) is 20.7 Å². The molecule has 0 radical (unpaired) electrons. The van der Waals surface area contributed by atoms with Crippen LogP contribution in [-0.2, 0) is 0 Å². The summed E-state index contributed by atoms with van der Waals surface area (Å²) >= 11 is 0. The SMILES string of the molecule is c1ccc(-c2ccc(-c3nc(-c4cccc(-c5ccccc5)c4)nc(-n4c5ccc([Si](c6ccccc6)(c6ccccc6)c6ccccc6)cc5c5ccc6c7ccccc7oc6c54)n3)cc2)cc1. The molecule has 0 aliphatic carbocycles. The summed E-state index contributed by atoms with van der Waals surface area (Å²) in [5.41, 5.74) is 9.75. The maximum Gasteiger partial charge on any atom is 0.238 e. The van der Waals surface area contributed by atoms with E-state index in [1.54, 1.807) is 0 Å². The molecule has 0 saturated heterocycles. The van der Waals surface area contributed by atoms with E-state index >= 15 is 0 Å². The molecule has 10 aromatic carbocycles. The van der Waals surface area contributed by atoms with Gasteiger partial charge in [0, 0.05) is 32.7 Å². The number of nitrogens with zero attached hydrogens (tertiary/aromatic N) is 4. The summed E-state index contributed by atoms with van der Waals surface area (Å²) < 4.78 is 9.14. The minimum Gasteiger partial charge on any atom is -0.454 e. The van der Waals surface area contributed by atoms with E-state index < -0.39 is 8.07 Å². The van der Waals surface area contributed by atoms with Crippen LogP contribution in [-0.4, -0.2) is 27.6 Å². The van der Waals surface area contributed by atoms with Crippen molar-refractivity contribution >= 4 is 72.6 Å². The van der Waals surface area contributed by atoms with E-state index in [-0.39, 0.29) is 0 Å². The van der Waals surface area contributed by atoms with Crippen molar-refractivity contribution in [1.82, 2.24) is 19.5 Å². The van der Waals surface area contributed by atoms with Gasteiger partial charge in [-0.15, -0.1) is 0 Å². The molecule has 13 aromatic rings. The lowest BCUT2D eigenvalue weighted by Gasteiger charge is -2.34. The summed E-state index contributed by atoms with van der Waals surface area (Å²) in [7, 11) is -2.90. The monoisotopic (exact) mass is 898 g/mol. The minimum absolute atomic E-state index is 0.505. The van der Waals surface area contributed by atoms with Crippen molar-refractivity contribution in [1.29, 1.82) is 0 Å². The molecule has 6 heteroatoms. The van der Waals surface area contributed by atoms with Crippen LogP contribution in [0.5, 0.6) is 0 Å². The van der Waals surface area contributed by atoms with Crippen LogP contribution in [0.15, 0.2) is 259 Å². The zero-order valence-electron chi connectivity index (χ0n) is 37.4. The van der Waals surface area contributed by atoms with Crippen LogP contribution in [0.2, 0.25) is 0 Å².